The summed E-state index contributed by atoms with van der Waals surface area (Å²) in [6, 6.07) is 1.40. The molecule has 0 saturated carbocycles. The zero-order valence-electron chi connectivity index (χ0n) is 18.7. The molecule has 3 atom stereocenters. The van der Waals surface area contributed by atoms with Crippen molar-refractivity contribution < 1.29 is 34.8 Å². The molecule has 1 amide bonds. The fraction of sp³-hybridized carbons (Fsp3) is 0.458. The van der Waals surface area contributed by atoms with Gasteiger partial charge < -0.3 is 31.5 Å². The smallest absolute Gasteiger partial charge is 0.255 e. The lowest BCUT2D eigenvalue weighted by molar-refractivity contribution is -0.144. The number of phenols is 1. The predicted octanol–water partition coefficient (Wildman–Crippen LogP) is 2.12. The molecule has 0 radical (unpaired) electrons. The molecule has 0 aromatic heterocycles. The first-order valence-electron chi connectivity index (χ1n) is 11.2. The Balaban J connectivity index is 1.78. The van der Waals surface area contributed by atoms with Gasteiger partial charge in [0.2, 0.25) is 5.78 Å². The van der Waals surface area contributed by atoms with Crippen LogP contribution in [0.15, 0.2) is 28.7 Å². The van der Waals surface area contributed by atoms with Crippen LogP contribution in [-0.2, 0) is 22.6 Å². The fourth-order valence-electron chi connectivity index (χ4n) is 5.38. The second-order valence-corrected chi connectivity index (χ2v) is 9.54. The first kappa shape index (κ1) is 24.3. The summed E-state index contributed by atoms with van der Waals surface area (Å²) in [5.41, 5.74) is 2.61. The molecule has 3 aliphatic rings. The number of amides is 1. The third kappa shape index (κ3) is 3.50. The normalized spacial score (nSPS) is 26.3. The summed E-state index contributed by atoms with van der Waals surface area (Å²) >= 11 is 6.63. The van der Waals surface area contributed by atoms with Crippen molar-refractivity contribution in [1.29, 1.82) is 0 Å². The van der Waals surface area contributed by atoms with E-state index >= 15 is 0 Å². The highest BCUT2D eigenvalue weighted by Gasteiger charge is 2.59. The number of unbranched alkanes of at least 4 members (excludes halogenated alkanes) is 1. The average Bonchev–Trinajstić information content (AvgIpc) is 2.76. The summed E-state index contributed by atoms with van der Waals surface area (Å²) in [4.78, 5) is 38.0. The van der Waals surface area contributed by atoms with Gasteiger partial charge >= 0.3 is 0 Å². The average molecular weight is 491 g/mol. The van der Waals surface area contributed by atoms with Crippen LogP contribution < -0.4 is 11.1 Å². The highest BCUT2D eigenvalue weighted by molar-refractivity contribution is 6.33. The lowest BCUT2D eigenvalue weighted by atomic mass is 9.60. The summed E-state index contributed by atoms with van der Waals surface area (Å²) in [6.07, 6.45) is 1.98. The van der Waals surface area contributed by atoms with Crippen LogP contribution >= 0.6 is 11.6 Å². The quantitative estimate of drug-likeness (QED) is 0.260. The summed E-state index contributed by atoms with van der Waals surface area (Å²) < 4.78 is 0. The summed E-state index contributed by atoms with van der Waals surface area (Å²) in [6.45, 7) is 3.24. The Morgan fingerprint density at radius 3 is 2.62 bits per heavy atom. The molecule has 1 aromatic carbocycles. The third-order valence-corrected chi connectivity index (χ3v) is 7.56. The van der Waals surface area contributed by atoms with E-state index in [4.69, 9.17) is 17.3 Å². The zero-order chi connectivity index (χ0) is 24.9. The topological polar surface area (TPSA) is 170 Å². The standard InChI is InChI=1S/C24H27ClN2O7/c1-2-3-4-27-9-11-7-14(28)17-13(19(11)25)6-10-5-12-8-15(29)18(23(26)33)22(32)24(12,34)21(31)16(10)20(17)30/h7,10,12,27-29,31,34H,2-6,8-9H2,1H3,(H2,26,33)/t10?,12-,24-/m0/s1. The molecule has 4 rings (SSSR count). The summed E-state index contributed by atoms with van der Waals surface area (Å²) in [5, 5.41) is 46.7. The second-order valence-electron chi connectivity index (χ2n) is 9.16. The number of allylic oxidation sites excluding steroid dienone is 2. The number of nitrogens with two attached hydrogens (primary N) is 1. The molecule has 0 spiro atoms. The molecule has 34 heavy (non-hydrogen) atoms. The number of rotatable bonds is 6. The highest BCUT2D eigenvalue weighted by Crippen LogP contribution is 2.52. The number of nitrogens with one attached hydrogen (secondary N) is 1. The number of aliphatic hydroxyl groups is 3. The van der Waals surface area contributed by atoms with E-state index in [2.05, 4.69) is 12.2 Å². The molecule has 0 aliphatic heterocycles. The molecular formula is C24H27ClN2O7. The molecule has 10 heteroatoms. The monoisotopic (exact) mass is 490 g/mol. The maximum Gasteiger partial charge on any atom is 0.255 e. The molecular weight excluding hydrogens is 464 g/mol. The van der Waals surface area contributed by atoms with Crippen molar-refractivity contribution in [2.45, 2.75) is 51.2 Å². The molecule has 0 heterocycles. The number of fused-ring (bicyclic) bond motifs is 3. The van der Waals surface area contributed by atoms with E-state index in [1.54, 1.807) is 0 Å². The minimum Gasteiger partial charge on any atom is -0.511 e. The number of hydrogen-bond acceptors (Lipinski definition) is 8. The van der Waals surface area contributed by atoms with Gasteiger partial charge in [0.05, 0.1) is 5.56 Å². The van der Waals surface area contributed by atoms with Gasteiger partial charge in [-0.3, -0.25) is 14.4 Å². The van der Waals surface area contributed by atoms with Gasteiger partial charge in [0, 0.05) is 29.5 Å². The van der Waals surface area contributed by atoms with Crippen molar-refractivity contribution in [2.75, 3.05) is 6.54 Å². The number of carbonyl (C=O) groups is 3. The van der Waals surface area contributed by atoms with Crippen LogP contribution in [0.2, 0.25) is 5.02 Å². The number of primary amides is 1. The number of benzene rings is 1. The summed E-state index contributed by atoms with van der Waals surface area (Å²) in [7, 11) is 0. The number of ketones is 2. The first-order valence-corrected chi connectivity index (χ1v) is 11.6. The van der Waals surface area contributed by atoms with Gasteiger partial charge in [0.15, 0.2) is 11.4 Å². The largest absolute Gasteiger partial charge is 0.511 e. The molecule has 7 N–H and O–H groups in total. The molecule has 9 nitrogen and oxygen atoms in total. The van der Waals surface area contributed by atoms with Crippen molar-refractivity contribution >= 4 is 29.1 Å². The Morgan fingerprint density at radius 2 is 1.97 bits per heavy atom. The Kier molecular flexibility index (Phi) is 6.22. The van der Waals surface area contributed by atoms with Crippen LogP contribution in [0.1, 0.15) is 54.1 Å². The number of hydrogen-bond donors (Lipinski definition) is 6. The van der Waals surface area contributed by atoms with E-state index in [-0.39, 0.29) is 36.1 Å². The Hall–Kier alpha value is -2.88. The molecule has 0 saturated heterocycles. The minimum absolute atomic E-state index is 0.0684. The maximum atomic E-state index is 13.4. The molecule has 182 valence electrons. The molecule has 0 bridgehead atoms. The molecule has 0 fully saturated rings. The van der Waals surface area contributed by atoms with E-state index in [9.17, 15) is 34.8 Å². The van der Waals surface area contributed by atoms with Gasteiger partial charge in [-0.15, -0.1) is 0 Å². The van der Waals surface area contributed by atoms with E-state index in [1.807, 2.05) is 0 Å². The van der Waals surface area contributed by atoms with Crippen molar-refractivity contribution in [3.63, 3.8) is 0 Å². The van der Waals surface area contributed by atoms with Gasteiger partial charge in [-0.05, 0) is 48.9 Å². The van der Waals surface area contributed by atoms with Crippen LogP contribution in [0.4, 0.5) is 0 Å². The number of phenolic OH excluding ortho intramolecular Hbond substituents is 1. The Labute approximate surface area is 200 Å². The number of aliphatic hydroxyl groups excluding tert-OH is 2. The summed E-state index contributed by atoms with van der Waals surface area (Å²) in [5.74, 6) is -6.55. The van der Waals surface area contributed by atoms with Crippen molar-refractivity contribution in [3.8, 4) is 5.75 Å². The fourth-order valence-corrected chi connectivity index (χ4v) is 5.67. The van der Waals surface area contributed by atoms with Gasteiger partial charge in [-0.1, -0.05) is 24.9 Å². The Morgan fingerprint density at radius 1 is 1.26 bits per heavy atom. The molecule has 3 aliphatic carbocycles. The van der Waals surface area contributed by atoms with E-state index in [0.717, 1.165) is 19.4 Å². The predicted molar refractivity (Wildman–Crippen MR) is 122 cm³/mol. The van der Waals surface area contributed by atoms with Crippen LogP contribution in [0.3, 0.4) is 0 Å². The lowest BCUT2D eigenvalue weighted by Gasteiger charge is -2.45. The highest BCUT2D eigenvalue weighted by atomic mass is 35.5. The van der Waals surface area contributed by atoms with Gasteiger partial charge in [-0.25, -0.2) is 0 Å². The molecule has 1 unspecified atom stereocenters. The third-order valence-electron chi connectivity index (χ3n) is 7.09. The second kappa shape index (κ2) is 8.72. The first-order chi connectivity index (χ1) is 16.0. The number of aromatic hydroxyl groups is 1. The van der Waals surface area contributed by atoms with E-state index < -0.39 is 52.0 Å². The molecule has 1 aromatic rings. The van der Waals surface area contributed by atoms with Crippen LogP contribution in [0.5, 0.6) is 5.75 Å². The van der Waals surface area contributed by atoms with Gasteiger partial charge in [-0.2, -0.15) is 0 Å². The van der Waals surface area contributed by atoms with E-state index in [0.29, 0.717) is 22.7 Å². The van der Waals surface area contributed by atoms with Crippen LogP contribution in [0.25, 0.3) is 0 Å². The lowest BCUT2D eigenvalue weighted by Crippen LogP contribution is -2.57. The van der Waals surface area contributed by atoms with E-state index in [1.165, 1.54) is 6.07 Å². The SMILES string of the molecule is CCCCNCc1cc(O)c2c(c1Cl)CC1C[C@H]3CC(O)=C(C(N)=O)C(=O)[C@@]3(O)C(O)=C1C2=O. The minimum atomic E-state index is -2.57. The Bertz CT molecular complexity index is 1170. The maximum absolute atomic E-state index is 13.4. The van der Waals surface area contributed by atoms with Crippen molar-refractivity contribution in [3.05, 3.63) is 50.4 Å². The number of carbonyl (C=O) groups excluding carboxylic acids is 3. The van der Waals surface area contributed by atoms with Crippen LogP contribution in [0, 0.1) is 11.8 Å². The number of halogens is 1. The number of Topliss-reactive ketones (excluding diaryl/α,β-unsaturated/α-hetero) is 2. The zero-order valence-corrected chi connectivity index (χ0v) is 19.4. The van der Waals surface area contributed by atoms with Crippen molar-refractivity contribution in [1.82, 2.24) is 5.32 Å². The van der Waals surface area contributed by atoms with Crippen molar-refractivity contribution in [2.24, 2.45) is 17.6 Å². The van der Waals surface area contributed by atoms with Gasteiger partial charge in [0.1, 0.15) is 22.8 Å². The van der Waals surface area contributed by atoms with Crippen LogP contribution in [-0.4, -0.2) is 50.0 Å². The van der Waals surface area contributed by atoms with Gasteiger partial charge in [0.25, 0.3) is 5.91 Å².